The lowest BCUT2D eigenvalue weighted by Crippen LogP contribution is -2.30. The fourth-order valence-corrected chi connectivity index (χ4v) is 2.97. The minimum Gasteiger partial charge on any atom is -0.494 e. The van der Waals surface area contributed by atoms with Crippen molar-refractivity contribution in [2.75, 3.05) is 13.2 Å². The maximum Gasteiger partial charge on any atom is 0.277 e. The van der Waals surface area contributed by atoms with Crippen molar-refractivity contribution >= 4 is 17.3 Å². The Hall–Kier alpha value is -4.61. The number of nitrogens with zero attached hydrogens (tertiary/aromatic N) is 4. The molecule has 170 valence electrons. The zero-order valence-corrected chi connectivity index (χ0v) is 17.5. The monoisotopic (exact) mass is 453 g/mol. The highest BCUT2D eigenvalue weighted by atomic mass is 16.6. The average Bonchev–Trinajstić information content (AvgIpc) is 2.80. The van der Waals surface area contributed by atoms with E-state index in [9.17, 15) is 29.8 Å². The van der Waals surface area contributed by atoms with Crippen molar-refractivity contribution in [1.82, 2.24) is 14.9 Å². The number of ether oxygens (including phenoxy) is 1. The third-order valence-electron chi connectivity index (χ3n) is 4.57. The third kappa shape index (κ3) is 5.76. The molecule has 1 amide bonds. The summed E-state index contributed by atoms with van der Waals surface area (Å²) in [7, 11) is 0. The molecule has 0 bridgehead atoms. The van der Waals surface area contributed by atoms with E-state index in [1.165, 1.54) is 17.0 Å². The van der Waals surface area contributed by atoms with Crippen molar-refractivity contribution in [2.24, 2.45) is 0 Å². The largest absolute Gasteiger partial charge is 0.494 e. The molecule has 1 N–H and O–H groups in total. The Kier molecular flexibility index (Phi) is 7.08. The highest BCUT2D eigenvalue weighted by Crippen LogP contribution is 2.23. The van der Waals surface area contributed by atoms with Gasteiger partial charge in [-0.05, 0) is 31.2 Å². The summed E-state index contributed by atoms with van der Waals surface area (Å²) in [4.78, 5) is 49.3. The van der Waals surface area contributed by atoms with Gasteiger partial charge < -0.3 is 10.1 Å². The Morgan fingerprint density at radius 1 is 1.06 bits per heavy atom. The van der Waals surface area contributed by atoms with Crippen LogP contribution in [0.1, 0.15) is 17.3 Å². The second-order valence-electron chi connectivity index (χ2n) is 6.77. The number of carbonyl (C=O) groups excluding carboxylic acids is 1. The summed E-state index contributed by atoms with van der Waals surface area (Å²) in [6.45, 7) is 2.50. The molecule has 0 spiro atoms. The van der Waals surface area contributed by atoms with Gasteiger partial charge in [-0.3, -0.25) is 34.4 Å². The highest BCUT2D eigenvalue weighted by molar-refractivity contribution is 5.95. The first-order chi connectivity index (χ1) is 15.8. The molecule has 0 saturated heterocycles. The quantitative estimate of drug-likeness (QED) is 0.382. The first-order valence-corrected chi connectivity index (χ1v) is 9.80. The molecule has 0 aliphatic carbocycles. The van der Waals surface area contributed by atoms with Crippen LogP contribution in [-0.4, -0.2) is 38.5 Å². The van der Waals surface area contributed by atoms with Gasteiger partial charge in [-0.1, -0.05) is 0 Å². The van der Waals surface area contributed by atoms with E-state index in [4.69, 9.17) is 4.74 Å². The zero-order valence-electron chi connectivity index (χ0n) is 17.5. The molecule has 2 aromatic carbocycles. The highest BCUT2D eigenvalue weighted by Gasteiger charge is 2.19. The Labute approximate surface area is 186 Å². The van der Waals surface area contributed by atoms with Crippen LogP contribution in [0, 0.1) is 20.2 Å². The van der Waals surface area contributed by atoms with Crippen molar-refractivity contribution in [1.29, 1.82) is 0 Å². The van der Waals surface area contributed by atoms with E-state index in [1.807, 2.05) is 6.92 Å². The lowest BCUT2D eigenvalue weighted by atomic mass is 10.1. The molecular weight excluding hydrogens is 434 g/mol. The fourth-order valence-electron chi connectivity index (χ4n) is 2.97. The summed E-state index contributed by atoms with van der Waals surface area (Å²) >= 11 is 0. The lowest BCUT2D eigenvalue weighted by molar-refractivity contribution is -0.394. The molecule has 12 nitrogen and oxygen atoms in total. The van der Waals surface area contributed by atoms with Crippen LogP contribution >= 0.6 is 0 Å². The molecule has 0 aliphatic rings. The van der Waals surface area contributed by atoms with Crippen LogP contribution in [0.15, 0.2) is 59.7 Å². The van der Waals surface area contributed by atoms with Crippen LogP contribution in [0.25, 0.3) is 11.3 Å². The van der Waals surface area contributed by atoms with Gasteiger partial charge >= 0.3 is 0 Å². The Morgan fingerprint density at radius 3 is 2.24 bits per heavy atom. The van der Waals surface area contributed by atoms with Gasteiger partial charge in [0.2, 0.25) is 0 Å². The van der Waals surface area contributed by atoms with Crippen LogP contribution in [0.4, 0.5) is 11.4 Å². The second kappa shape index (κ2) is 10.1. The predicted octanol–water partition coefficient (Wildman–Crippen LogP) is 2.56. The van der Waals surface area contributed by atoms with Crippen LogP contribution in [0.3, 0.4) is 0 Å². The summed E-state index contributed by atoms with van der Waals surface area (Å²) in [5.74, 6) is -0.0340. The molecule has 0 fully saturated rings. The minimum atomic E-state index is -0.819. The fraction of sp³-hybridized carbons (Fsp3) is 0.190. The summed E-state index contributed by atoms with van der Waals surface area (Å²) in [5.41, 5.74) is -0.490. The molecule has 12 heteroatoms. The van der Waals surface area contributed by atoms with Crippen LogP contribution < -0.4 is 15.6 Å². The van der Waals surface area contributed by atoms with Crippen LogP contribution in [0.5, 0.6) is 5.75 Å². The van der Waals surface area contributed by atoms with E-state index in [1.54, 1.807) is 24.3 Å². The topological polar surface area (TPSA) is 160 Å². The van der Waals surface area contributed by atoms with E-state index in [-0.39, 0.29) is 24.2 Å². The Bertz CT molecular complexity index is 1220. The van der Waals surface area contributed by atoms with Gasteiger partial charge in [-0.25, -0.2) is 4.98 Å². The van der Waals surface area contributed by atoms with Crippen molar-refractivity contribution < 1.29 is 19.4 Å². The molecule has 0 radical (unpaired) electrons. The van der Waals surface area contributed by atoms with E-state index < -0.39 is 27.1 Å². The van der Waals surface area contributed by atoms with Gasteiger partial charge in [0, 0.05) is 36.9 Å². The number of hydrogen-bond acceptors (Lipinski definition) is 8. The average molecular weight is 453 g/mol. The molecule has 0 saturated carbocycles. The summed E-state index contributed by atoms with van der Waals surface area (Å²) < 4.78 is 6.67. The molecule has 33 heavy (non-hydrogen) atoms. The van der Waals surface area contributed by atoms with Gasteiger partial charge in [0.05, 0.1) is 40.1 Å². The first kappa shape index (κ1) is 23.1. The number of nitro benzene ring substituents is 2. The molecule has 0 unspecified atom stereocenters. The van der Waals surface area contributed by atoms with E-state index >= 15 is 0 Å². The van der Waals surface area contributed by atoms with Crippen molar-refractivity contribution in [3.05, 3.63) is 91.0 Å². The zero-order chi connectivity index (χ0) is 24.0. The van der Waals surface area contributed by atoms with Crippen molar-refractivity contribution in [3.63, 3.8) is 0 Å². The number of carbonyl (C=O) groups is 1. The maximum absolute atomic E-state index is 12.4. The summed E-state index contributed by atoms with van der Waals surface area (Å²) in [6, 6.07) is 11.2. The van der Waals surface area contributed by atoms with Gasteiger partial charge in [0.1, 0.15) is 5.75 Å². The summed E-state index contributed by atoms with van der Waals surface area (Å²) in [6.07, 6.45) is 1.35. The molecule has 1 aromatic heterocycles. The smallest absolute Gasteiger partial charge is 0.277 e. The number of rotatable bonds is 9. The normalized spacial score (nSPS) is 10.5. The molecular formula is C21H19N5O7. The lowest BCUT2D eigenvalue weighted by Gasteiger charge is -2.09. The van der Waals surface area contributed by atoms with E-state index in [2.05, 4.69) is 10.3 Å². The minimum absolute atomic E-state index is 0.000685. The van der Waals surface area contributed by atoms with Crippen molar-refractivity contribution in [2.45, 2.75) is 13.5 Å². The number of nitrogens with one attached hydrogen (secondary N) is 1. The number of hydrogen-bond donors (Lipinski definition) is 1. The first-order valence-electron chi connectivity index (χ1n) is 9.80. The Balaban J connectivity index is 1.66. The predicted molar refractivity (Wildman–Crippen MR) is 117 cm³/mol. The number of benzene rings is 2. The molecule has 3 rings (SSSR count). The number of amides is 1. The van der Waals surface area contributed by atoms with Crippen LogP contribution in [-0.2, 0) is 6.54 Å². The van der Waals surface area contributed by atoms with Gasteiger partial charge in [0.25, 0.3) is 22.8 Å². The molecule has 0 atom stereocenters. The molecule has 3 aromatic rings. The Morgan fingerprint density at radius 2 is 1.70 bits per heavy atom. The maximum atomic E-state index is 12.4. The van der Waals surface area contributed by atoms with Crippen molar-refractivity contribution in [3.8, 4) is 17.0 Å². The van der Waals surface area contributed by atoms with Gasteiger partial charge in [0.15, 0.2) is 0 Å². The summed E-state index contributed by atoms with van der Waals surface area (Å²) in [5, 5.41) is 24.4. The molecule has 0 aliphatic heterocycles. The molecule has 1 heterocycles. The van der Waals surface area contributed by atoms with E-state index in [0.29, 0.717) is 18.1 Å². The number of aromatic nitrogens is 2. The second-order valence-corrected chi connectivity index (χ2v) is 6.77. The standard InChI is InChI=1S/C21H19N5O7/c1-2-33-18-5-3-14(4-6-18)19-12-20(27)24(13-23-19)8-7-22-21(28)15-9-16(25(29)30)11-17(10-15)26(31)32/h3-6,9-13H,2,7-8H2,1H3,(H,22,28). The SMILES string of the molecule is CCOc1ccc(-c2cc(=O)n(CCNC(=O)c3cc([N+](=O)[O-])cc([N+](=O)[O-])c3)cn2)cc1. The van der Waals surface area contributed by atoms with Gasteiger partial charge in [-0.2, -0.15) is 0 Å². The third-order valence-corrected chi connectivity index (χ3v) is 4.57. The van der Waals surface area contributed by atoms with E-state index in [0.717, 1.165) is 23.8 Å². The number of non-ortho nitro benzene ring substituents is 2. The van der Waals surface area contributed by atoms with Gasteiger partial charge in [-0.15, -0.1) is 0 Å². The number of nitro groups is 2. The van der Waals surface area contributed by atoms with Crippen LogP contribution in [0.2, 0.25) is 0 Å².